The van der Waals surface area contributed by atoms with Gasteiger partial charge in [0.1, 0.15) is 0 Å². The molecule has 2 aromatic rings. The van der Waals surface area contributed by atoms with E-state index >= 15 is 0 Å². The second kappa shape index (κ2) is 3.70. The maximum atomic E-state index is 6.18. The lowest BCUT2D eigenvalue weighted by Gasteiger charge is -2.14. The van der Waals surface area contributed by atoms with E-state index in [0.717, 1.165) is 0 Å². The highest BCUT2D eigenvalue weighted by atomic mass is 14.7. The molecule has 1 aromatic heterocycles. The number of fused-ring (bicyclic) bond motifs is 1. The minimum absolute atomic E-state index is 0.112. The number of nitrogens with two attached hydrogens (primary N) is 1. The summed E-state index contributed by atoms with van der Waals surface area (Å²) in [4.78, 5) is 3.27. The minimum Gasteiger partial charge on any atom is -0.361 e. The Morgan fingerprint density at radius 1 is 1.27 bits per heavy atom. The van der Waals surface area contributed by atoms with Gasteiger partial charge < -0.3 is 10.7 Å². The zero-order valence-electron chi connectivity index (χ0n) is 9.54. The van der Waals surface area contributed by atoms with Crippen molar-refractivity contribution in [1.82, 2.24) is 4.98 Å². The Hall–Kier alpha value is -1.28. The van der Waals surface area contributed by atoms with Crippen LogP contribution >= 0.6 is 0 Å². The molecule has 0 radical (unpaired) electrons. The average molecular weight is 202 g/mol. The number of aromatic nitrogens is 1. The van der Waals surface area contributed by atoms with Crippen LogP contribution in [0.3, 0.4) is 0 Å². The number of H-pyrrole nitrogens is 1. The molecule has 2 rings (SSSR count). The van der Waals surface area contributed by atoms with Gasteiger partial charge in [0, 0.05) is 23.1 Å². The van der Waals surface area contributed by atoms with Crippen LogP contribution in [0.15, 0.2) is 24.4 Å². The van der Waals surface area contributed by atoms with Gasteiger partial charge in [0.25, 0.3) is 0 Å². The Morgan fingerprint density at radius 2 is 2.00 bits per heavy atom. The van der Waals surface area contributed by atoms with Crippen LogP contribution < -0.4 is 5.73 Å². The molecule has 1 heterocycles. The van der Waals surface area contributed by atoms with E-state index in [2.05, 4.69) is 44.0 Å². The lowest BCUT2D eigenvalue weighted by molar-refractivity contribution is 0.517. The lowest BCUT2D eigenvalue weighted by Crippen LogP contribution is -2.16. The van der Waals surface area contributed by atoms with Crippen molar-refractivity contribution in [2.45, 2.75) is 26.8 Å². The van der Waals surface area contributed by atoms with Crippen molar-refractivity contribution >= 4 is 10.9 Å². The molecular formula is C13H18N2. The molecule has 80 valence electrons. The number of aryl methyl sites for hydroxylation is 1. The fraction of sp³-hybridized carbons (Fsp3) is 0.385. The monoisotopic (exact) mass is 202 g/mol. The summed E-state index contributed by atoms with van der Waals surface area (Å²) in [6, 6.07) is 6.54. The van der Waals surface area contributed by atoms with E-state index < -0.39 is 0 Å². The van der Waals surface area contributed by atoms with Gasteiger partial charge in [0.15, 0.2) is 0 Å². The van der Waals surface area contributed by atoms with Crippen molar-refractivity contribution in [3.63, 3.8) is 0 Å². The molecular weight excluding hydrogens is 184 g/mol. The normalized spacial score (nSPS) is 13.7. The molecule has 0 spiro atoms. The predicted molar refractivity (Wildman–Crippen MR) is 64.8 cm³/mol. The third-order valence-electron chi connectivity index (χ3n) is 2.95. The maximum Gasteiger partial charge on any atom is 0.0457 e. The first-order chi connectivity index (χ1) is 7.09. The van der Waals surface area contributed by atoms with E-state index in [0.29, 0.717) is 5.92 Å². The smallest absolute Gasteiger partial charge is 0.0457 e. The first-order valence-electron chi connectivity index (χ1n) is 5.43. The van der Waals surface area contributed by atoms with Crippen LogP contribution in [-0.2, 0) is 0 Å². The standard InChI is InChI=1S/C13H18N2/c1-8(2)13(14)11-7-15-12-5-4-9(3)6-10(11)12/h4-8,13,15H,14H2,1-3H3. The van der Waals surface area contributed by atoms with Crippen molar-refractivity contribution in [3.05, 3.63) is 35.5 Å². The molecule has 0 saturated carbocycles. The summed E-state index contributed by atoms with van der Waals surface area (Å²) in [6.07, 6.45) is 2.04. The second-order valence-corrected chi connectivity index (χ2v) is 4.56. The zero-order valence-corrected chi connectivity index (χ0v) is 9.54. The first-order valence-corrected chi connectivity index (χ1v) is 5.43. The van der Waals surface area contributed by atoms with E-state index in [4.69, 9.17) is 5.73 Å². The van der Waals surface area contributed by atoms with Crippen molar-refractivity contribution in [2.24, 2.45) is 11.7 Å². The molecule has 0 bridgehead atoms. The molecule has 2 heteroatoms. The third-order valence-corrected chi connectivity index (χ3v) is 2.95. The zero-order chi connectivity index (χ0) is 11.0. The number of nitrogens with one attached hydrogen (secondary N) is 1. The second-order valence-electron chi connectivity index (χ2n) is 4.56. The van der Waals surface area contributed by atoms with E-state index in [9.17, 15) is 0 Å². The van der Waals surface area contributed by atoms with Crippen LogP contribution in [0.1, 0.15) is 31.0 Å². The van der Waals surface area contributed by atoms with Crippen molar-refractivity contribution in [2.75, 3.05) is 0 Å². The molecule has 1 unspecified atom stereocenters. The van der Waals surface area contributed by atoms with Crippen LogP contribution in [-0.4, -0.2) is 4.98 Å². The van der Waals surface area contributed by atoms with E-state index in [1.165, 1.54) is 22.0 Å². The van der Waals surface area contributed by atoms with Crippen LogP contribution in [0.25, 0.3) is 10.9 Å². The van der Waals surface area contributed by atoms with Crippen molar-refractivity contribution in [1.29, 1.82) is 0 Å². The highest BCUT2D eigenvalue weighted by Crippen LogP contribution is 2.27. The SMILES string of the molecule is Cc1ccc2[nH]cc(C(N)C(C)C)c2c1. The number of hydrogen-bond donors (Lipinski definition) is 2. The van der Waals surface area contributed by atoms with Gasteiger partial charge in [-0.3, -0.25) is 0 Å². The van der Waals surface area contributed by atoms with Crippen LogP contribution in [0.5, 0.6) is 0 Å². The Bertz CT molecular complexity index is 468. The van der Waals surface area contributed by atoms with E-state index in [1.807, 2.05) is 6.20 Å². The molecule has 3 N–H and O–H groups in total. The molecule has 0 aliphatic rings. The Morgan fingerprint density at radius 3 is 2.67 bits per heavy atom. The van der Waals surface area contributed by atoms with Crippen LogP contribution in [0.4, 0.5) is 0 Å². The van der Waals surface area contributed by atoms with Gasteiger partial charge in [-0.25, -0.2) is 0 Å². The Balaban J connectivity index is 2.56. The van der Waals surface area contributed by atoms with Gasteiger partial charge in [0.05, 0.1) is 0 Å². The number of rotatable bonds is 2. The fourth-order valence-corrected chi connectivity index (χ4v) is 1.89. The highest BCUT2D eigenvalue weighted by Gasteiger charge is 2.14. The van der Waals surface area contributed by atoms with Gasteiger partial charge in [0.2, 0.25) is 0 Å². The van der Waals surface area contributed by atoms with Gasteiger partial charge in [-0.1, -0.05) is 25.5 Å². The van der Waals surface area contributed by atoms with Crippen LogP contribution in [0, 0.1) is 12.8 Å². The fourth-order valence-electron chi connectivity index (χ4n) is 1.89. The summed E-state index contributed by atoms with van der Waals surface area (Å²) in [5.41, 5.74) is 9.85. The summed E-state index contributed by atoms with van der Waals surface area (Å²) in [7, 11) is 0. The van der Waals surface area contributed by atoms with E-state index in [-0.39, 0.29) is 6.04 Å². The number of benzene rings is 1. The Labute approximate surface area is 90.5 Å². The molecule has 0 saturated heterocycles. The highest BCUT2D eigenvalue weighted by molar-refractivity contribution is 5.84. The summed E-state index contributed by atoms with van der Waals surface area (Å²) in [5, 5.41) is 1.26. The molecule has 2 nitrogen and oxygen atoms in total. The lowest BCUT2D eigenvalue weighted by atomic mass is 9.96. The molecule has 1 atom stereocenters. The molecule has 0 fully saturated rings. The van der Waals surface area contributed by atoms with E-state index in [1.54, 1.807) is 0 Å². The largest absolute Gasteiger partial charge is 0.361 e. The molecule has 0 amide bonds. The third kappa shape index (κ3) is 1.77. The van der Waals surface area contributed by atoms with Gasteiger partial charge >= 0.3 is 0 Å². The molecule has 0 aliphatic heterocycles. The maximum absolute atomic E-state index is 6.18. The summed E-state index contributed by atoms with van der Waals surface area (Å²) < 4.78 is 0. The minimum atomic E-state index is 0.112. The summed E-state index contributed by atoms with van der Waals surface area (Å²) in [5.74, 6) is 0.463. The van der Waals surface area contributed by atoms with Crippen molar-refractivity contribution < 1.29 is 0 Å². The Kier molecular flexibility index (Phi) is 2.53. The quantitative estimate of drug-likeness (QED) is 0.771. The van der Waals surface area contributed by atoms with Gasteiger partial charge in [-0.2, -0.15) is 0 Å². The van der Waals surface area contributed by atoms with Gasteiger partial charge in [-0.15, -0.1) is 0 Å². The first kappa shape index (κ1) is 10.2. The van der Waals surface area contributed by atoms with Crippen LogP contribution in [0.2, 0.25) is 0 Å². The number of aromatic amines is 1. The molecule has 1 aromatic carbocycles. The number of hydrogen-bond acceptors (Lipinski definition) is 1. The van der Waals surface area contributed by atoms with Gasteiger partial charge in [-0.05, 0) is 30.5 Å². The van der Waals surface area contributed by atoms with Crippen molar-refractivity contribution in [3.8, 4) is 0 Å². The topological polar surface area (TPSA) is 41.8 Å². The predicted octanol–water partition coefficient (Wildman–Crippen LogP) is 3.13. The molecule has 15 heavy (non-hydrogen) atoms. The average Bonchev–Trinajstić information content (AvgIpc) is 2.59. The summed E-state index contributed by atoms with van der Waals surface area (Å²) in [6.45, 7) is 6.41. The summed E-state index contributed by atoms with van der Waals surface area (Å²) >= 11 is 0. The molecule has 0 aliphatic carbocycles.